The van der Waals surface area contributed by atoms with Gasteiger partial charge in [0, 0.05) is 56.8 Å². The molecule has 11 heteroatoms. The second kappa shape index (κ2) is 9.33. The fraction of sp³-hybridized carbons (Fsp3) is 0.600. The molecule has 2 fully saturated rings. The molecule has 0 aliphatic carbocycles. The molecular weight excluding hydrogens is 488 g/mol. The number of hydrogen-bond donors (Lipinski definition) is 0. The molecule has 0 atom stereocenters. The average Bonchev–Trinajstić information content (AvgIpc) is 2.72. The van der Waals surface area contributed by atoms with Crippen molar-refractivity contribution < 1.29 is 22.7 Å². The lowest BCUT2D eigenvalue weighted by atomic mass is 10.2. The summed E-state index contributed by atoms with van der Waals surface area (Å²) in [6, 6.07) is 6.42. The lowest BCUT2D eigenvalue weighted by Crippen LogP contribution is -2.58. The summed E-state index contributed by atoms with van der Waals surface area (Å²) in [4.78, 5) is 30.3. The maximum Gasteiger partial charge on any atom is 0.410 e. The van der Waals surface area contributed by atoms with Gasteiger partial charge in [0.15, 0.2) is 0 Å². The number of ether oxygens (including phenoxy) is 1. The molecule has 0 bridgehead atoms. The zero-order chi connectivity index (χ0) is 22.8. The highest BCUT2D eigenvalue weighted by atomic mass is 79.9. The lowest BCUT2D eigenvalue weighted by molar-refractivity contribution is 0.0154. The number of carbonyl (C=O) groups excluding carboxylic acids is 2. The molecule has 0 unspecified atom stereocenters. The number of benzene rings is 1. The minimum Gasteiger partial charge on any atom is -0.444 e. The molecule has 2 aliphatic heterocycles. The van der Waals surface area contributed by atoms with Crippen LogP contribution in [0.5, 0.6) is 0 Å². The molecule has 0 N–H and O–H groups in total. The Morgan fingerprint density at radius 1 is 0.839 bits per heavy atom. The summed E-state index contributed by atoms with van der Waals surface area (Å²) in [6.45, 7) is 8.32. The topological polar surface area (TPSA) is 90.5 Å². The van der Waals surface area contributed by atoms with Gasteiger partial charge in [-0.25, -0.2) is 18.0 Å². The Balaban J connectivity index is 1.51. The lowest BCUT2D eigenvalue weighted by Gasteiger charge is -2.40. The number of nitrogens with zero attached hydrogens (tertiary/aromatic N) is 4. The van der Waals surface area contributed by atoms with Gasteiger partial charge in [-0.1, -0.05) is 15.9 Å². The van der Waals surface area contributed by atoms with Crippen LogP contribution in [0.25, 0.3) is 0 Å². The van der Waals surface area contributed by atoms with Gasteiger partial charge in [0.1, 0.15) is 5.60 Å². The highest BCUT2D eigenvalue weighted by Gasteiger charge is 2.33. The van der Waals surface area contributed by atoms with E-state index < -0.39 is 15.6 Å². The number of urea groups is 1. The number of amides is 3. The molecule has 3 rings (SSSR count). The van der Waals surface area contributed by atoms with Crippen LogP contribution >= 0.6 is 15.9 Å². The van der Waals surface area contributed by atoms with E-state index in [9.17, 15) is 18.0 Å². The maximum atomic E-state index is 12.9. The summed E-state index contributed by atoms with van der Waals surface area (Å²) in [5, 5.41) is 0. The third kappa shape index (κ3) is 5.89. The fourth-order valence-electron chi connectivity index (χ4n) is 3.48. The fourth-order valence-corrected chi connectivity index (χ4v) is 5.17. The van der Waals surface area contributed by atoms with E-state index in [-0.39, 0.29) is 30.1 Å². The molecule has 2 heterocycles. The van der Waals surface area contributed by atoms with E-state index in [0.717, 1.165) is 4.47 Å². The van der Waals surface area contributed by atoms with Crippen LogP contribution in [0.1, 0.15) is 20.8 Å². The third-order valence-electron chi connectivity index (χ3n) is 5.16. The smallest absolute Gasteiger partial charge is 0.410 e. The molecule has 2 aliphatic rings. The van der Waals surface area contributed by atoms with Gasteiger partial charge in [-0.3, -0.25) is 0 Å². The quantitative estimate of drug-likeness (QED) is 0.601. The van der Waals surface area contributed by atoms with Gasteiger partial charge >= 0.3 is 12.1 Å². The molecule has 31 heavy (non-hydrogen) atoms. The van der Waals surface area contributed by atoms with Crippen molar-refractivity contribution >= 4 is 38.1 Å². The second-order valence-electron chi connectivity index (χ2n) is 8.58. The van der Waals surface area contributed by atoms with E-state index in [4.69, 9.17) is 4.74 Å². The number of rotatable bonds is 2. The SMILES string of the molecule is CC(C)(C)OC(=O)N1CCN(C(=O)N2CCN(S(=O)(=O)c3ccc(Br)cc3)CC2)CC1. The molecule has 9 nitrogen and oxygen atoms in total. The van der Waals surface area contributed by atoms with Crippen molar-refractivity contribution in [3.05, 3.63) is 28.7 Å². The zero-order valence-corrected chi connectivity index (χ0v) is 20.5. The van der Waals surface area contributed by atoms with Crippen molar-refractivity contribution in [1.82, 2.24) is 19.0 Å². The molecule has 0 radical (unpaired) electrons. The van der Waals surface area contributed by atoms with Crippen LogP contribution in [0.15, 0.2) is 33.6 Å². The maximum absolute atomic E-state index is 12.9. The first-order valence-corrected chi connectivity index (χ1v) is 12.5. The van der Waals surface area contributed by atoms with Crippen molar-refractivity contribution in [1.29, 1.82) is 0 Å². The molecule has 172 valence electrons. The Morgan fingerprint density at radius 2 is 1.29 bits per heavy atom. The molecule has 1 aromatic rings. The molecule has 1 aromatic carbocycles. The van der Waals surface area contributed by atoms with Gasteiger partial charge in [0.2, 0.25) is 10.0 Å². The zero-order valence-electron chi connectivity index (χ0n) is 18.1. The Labute approximate surface area is 192 Å². The Morgan fingerprint density at radius 3 is 1.77 bits per heavy atom. The van der Waals surface area contributed by atoms with Gasteiger partial charge in [-0.2, -0.15) is 4.31 Å². The number of halogens is 1. The predicted molar refractivity (Wildman–Crippen MR) is 119 cm³/mol. The van der Waals surface area contributed by atoms with E-state index in [2.05, 4.69) is 15.9 Å². The molecule has 0 spiro atoms. The van der Waals surface area contributed by atoms with E-state index in [1.165, 1.54) is 4.31 Å². The molecule has 0 saturated carbocycles. The third-order valence-corrected chi connectivity index (χ3v) is 7.60. The van der Waals surface area contributed by atoms with Crippen LogP contribution in [-0.2, 0) is 14.8 Å². The first-order chi connectivity index (χ1) is 14.5. The summed E-state index contributed by atoms with van der Waals surface area (Å²) < 4.78 is 33.3. The Bertz CT molecular complexity index is 900. The van der Waals surface area contributed by atoms with Crippen molar-refractivity contribution in [2.75, 3.05) is 52.4 Å². The van der Waals surface area contributed by atoms with Gasteiger partial charge in [-0.05, 0) is 45.0 Å². The first-order valence-electron chi connectivity index (χ1n) is 10.2. The Kier molecular flexibility index (Phi) is 7.17. The van der Waals surface area contributed by atoms with Crippen molar-refractivity contribution in [3.8, 4) is 0 Å². The van der Waals surface area contributed by atoms with Crippen LogP contribution in [0, 0.1) is 0 Å². The average molecular weight is 517 g/mol. The van der Waals surface area contributed by atoms with Crippen molar-refractivity contribution in [2.45, 2.75) is 31.3 Å². The van der Waals surface area contributed by atoms with Gasteiger partial charge < -0.3 is 19.4 Å². The number of sulfonamides is 1. The molecular formula is C20H29BrN4O5S. The largest absolute Gasteiger partial charge is 0.444 e. The van der Waals surface area contributed by atoms with E-state index in [0.29, 0.717) is 39.3 Å². The Hall–Kier alpha value is -1.85. The molecule has 3 amide bonds. The number of hydrogen-bond acceptors (Lipinski definition) is 5. The van der Waals surface area contributed by atoms with E-state index in [1.807, 2.05) is 20.8 Å². The summed E-state index contributed by atoms with van der Waals surface area (Å²) in [5.41, 5.74) is -0.555. The normalized spacial score (nSPS) is 18.8. The monoisotopic (exact) mass is 516 g/mol. The standard InChI is InChI=1S/C20H29BrN4O5S/c1-20(2,3)30-19(27)24-10-8-22(9-11-24)18(26)23-12-14-25(15-13-23)31(28,29)17-6-4-16(21)5-7-17/h4-7H,8-15H2,1-3H3. The van der Waals surface area contributed by atoms with E-state index in [1.54, 1.807) is 39.0 Å². The van der Waals surface area contributed by atoms with Gasteiger partial charge in [-0.15, -0.1) is 0 Å². The summed E-state index contributed by atoms with van der Waals surface area (Å²) in [6.07, 6.45) is -0.369. The highest BCUT2D eigenvalue weighted by Crippen LogP contribution is 2.21. The van der Waals surface area contributed by atoms with Crippen LogP contribution in [-0.4, -0.2) is 97.5 Å². The number of piperazine rings is 2. The highest BCUT2D eigenvalue weighted by molar-refractivity contribution is 9.10. The second-order valence-corrected chi connectivity index (χ2v) is 11.4. The van der Waals surface area contributed by atoms with Crippen LogP contribution in [0.2, 0.25) is 0 Å². The van der Waals surface area contributed by atoms with Gasteiger partial charge in [0.25, 0.3) is 0 Å². The van der Waals surface area contributed by atoms with Crippen molar-refractivity contribution in [2.24, 2.45) is 0 Å². The van der Waals surface area contributed by atoms with Gasteiger partial charge in [0.05, 0.1) is 4.90 Å². The first kappa shape index (κ1) is 23.8. The minimum absolute atomic E-state index is 0.121. The summed E-state index contributed by atoms with van der Waals surface area (Å²) in [5.74, 6) is 0. The minimum atomic E-state index is -3.58. The predicted octanol–water partition coefficient (Wildman–Crippen LogP) is 2.43. The summed E-state index contributed by atoms with van der Waals surface area (Å²) >= 11 is 3.31. The summed E-state index contributed by atoms with van der Waals surface area (Å²) in [7, 11) is -3.58. The van der Waals surface area contributed by atoms with Crippen LogP contribution in [0.4, 0.5) is 9.59 Å². The van der Waals surface area contributed by atoms with Crippen LogP contribution < -0.4 is 0 Å². The van der Waals surface area contributed by atoms with Crippen molar-refractivity contribution in [3.63, 3.8) is 0 Å². The molecule has 2 saturated heterocycles. The number of carbonyl (C=O) groups is 2. The molecule has 0 aromatic heterocycles. The van der Waals surface area contributed by atoms with E-state index >= 15 is 0 Å². The van der Waals surface area contributed by atoms with Crippen LogP contribution in [0.3, 0.4) is 0 Å².